The second-order valence-electron chi connectivity index (χ2n) is 3.57. The third-order valence-electron chi connectivity index (χ3n) is 2.46. The Labute approximate surface area is 88.0 Å². The van der Waals surface area contributed by atoms with Gasteiger partial charge in [0.1, 0.15) is 0 Å². The maximum Gasteiger partial charge on any atom is 0.315 e. The minimum atomic E-state index is 0.513. The van der Waals surface area contributed by atoms with E-state index in [0.29, 0.717) is 30.2 Å². The van der Waals surface area contributed by atoms with E-state index >= 15 is 0 Å². The first-order valence-electron chi connectivity index (χ1n) is 5.03. The topological polar surface area (TPSA) is 51.0 Å². The summed E-state index contributed by atoms with van der Waals surface area (Å²) in [5.74, 6) is 1.13. The van der Waals surface area contributed by atoms with Gasteiger partial charge < -0.3 is 9.73 Å². The zero-order valence-corrected chi connectivity index (χ0v) is 8.76. The highest BCUT2D eigenvalue weighted by atomic mass is 35.5. The molecule has 0 amide bonds. The number of nitrogens with zero attached hydrogens (tertiary/aromatic N) is 2. The van der Waals surface area contributed by atoms with E-state index in [1.165, 1.54) is 25.7 Å². The van der Waals surface area contributed by atoms with Gasteiger partial charge in [-0.1, -0.05) is 17.9 Å². The molecule has 0 bridgehead atoms. The number of hydrogen-bond donors (Lipinski definition) is 1. The van der Waals surface area contributed by atoms with E-state index in [-0.39, 0.29) is 0 Å². The molecule has 4 nitrogen and oxygen atoms in total. The predicted molar refractivity (Wildman–Crippen MR) is 54.6 cm³/mol. The van der Waals surface area contributed by atoms with E-state index in [4.69, 9.17) is 16.0 Å². The Morgan fingerprint density at radius 2 is 2.14 bits per heavy atom. The monoisotopic (exact) mass is 215 g/mol. The number of hydrogen-bond acceptors (Lipinski definition) is 4. The molecule has 14 heavy (non-hydrogen) atoms. The number of nitrogens with one attached hydrogen (secondary N) is 1. The lowest BCUT2D eigenvalue weighted by Gasteiger charge is -2.07. The van der Waals surface area contributed by atoms with Crippen LogP contribution in [0.2, 0.25) is 0 Å². The number of alkyl halides is 1. The van der Waals surface area contributed by atoms with E-state index in [9.17, 15) is 0 Å². The molecule has 1 saturated carbocycles. The van der Waals surface area contributed by atoms with Gasteiger partial charge >= 0.3 is 6.01 Å². The predicted octanol–water partition coefficient (Wildman–Crippen LogP) is 2.21. The van der Waals surface area contributed by atoms with Crippen molar-refractivity contribution >= 4 is 17.6 Å². The summed E-state index contributed by atoms with van der Waals surface area (Å²) in [6.45, 7) is 0. The second kappa shape index (κ2) is 4.64. The number of rotatable bonds is 4. The third kappa shape index (κ3) is 2.38. The number of halogens is 1. The van der Waals surface area contributed by atoms with Gasteiger partial charge in [-0.3, -0.25) is 0 Å². The molecule has 0 aromatic carbocycles. The summed E-state index contributed by atoms with van der Waals surface area (Å²) < 4.78 is 5.37. The zero-order valence-electron chi connectivity index (χ0n) is 8.00. The standard InChI is InChI=1S/C9H14ClN3O/c10-6-5-8-12-13-9(14-8)11-7-3-1-2-4-7/h7H,1-6H2,(H,11,13). The van der Waals surface area contributed by atoms with Crippen molar-refractivity contribution < 1.29 is 4.42 Å². The summed E-state index contributed by atoms with van der Waals surface area (Å²) in [6, 6.07) is 1.05. The Morgan fingerprint density at radius 3 is 2.86 bits per heavy atom. The van der Waals surface area contributed by atoms with Crippen molar-refractivity contribution in [2.24, 2.45) is 0 Å². The SMILES string of the molecule is ClCCc1nnc(NC2CCCC2)o1. The van der Waals surface area contributed by atoms with Crippen LogP contribution in [0.4, 0.5) is 6.01 Å². The van der Waals surface area contributed by atoms with Gasteiger partial charge in [0, 0.05) is 18.3 Å². The van der Waals surface area contributed by atoms with Gasteiger partial charge in [0.15, 0.2) is 0 Å². The molecule has 2 rings (SSSR count). The van der Waals surface area contributed by atoms with E-state index in [2.05, 4.69) is 15.5 Å². The van der Waals surface area contributed by atoms with Gasteiger partial charge in [0.25, 0.3) is 0 Å². The smallest absolute Gasteiger partial charge is 0.315 e. The van der Waals surface area contributed by atoms with Crippen LogP contribution in [0.5, 0.6) is 0 Å². The summed E-state index contributed by atoms with van der Waals surface area (Å²) in [7, 11) is 0. The first-order chi connectivity index (χ1) is 6.88. The molecule has 1 aliphatic rings. The summed E-state index contributed by atoms with van der Waals surface area (Å²) in [5, 5.41) is 11.0. The quantitative estimate of drug-likeness (QED) is 0.783. The molecule has 0 atom stereocenters. The first-order valence-corrected chi connectivity index (χ1v) is 5.57. The molecule has 5 heteroatoms. The molecule has 1 N–H and O–H groups in total. The number of aryl methyl sites for hydroxylation is 1. The van der Waals surface area contributed by atoms with Gasteiger partial charge in [-0.15, -0.1) is 16.7 Å². The Bertz CT molecular complexity index is 283. The van der Waals surface area contributed by atoms with Crippen LogP contribution in [0.25, 0.3) is 0 Å². The van der Waals surface area contributed by atoms with Crippen molar-refractivity contribution in [1.82, 2.24) is 10.2 Å². The summed E-state index contributed by atoms with van der Waals surface area (Å²) in [4.78, 5) is 0. The lowest BCUT2D eigenvalue weighted by atomic mass is 10.3. The fourth-order valence-electron chi connectivity index (χ4n) is 1.74. The molecule has 1 aliphatic carbocycles. The summed E-state index contributed by atoms with van der Waals surface area (Å²) in [6.07, 6.45) is 5.63. The molecule has 0 aliphatic heterocycles. The average Bonchev–Trinajstić information content (AvgIpc) is 2.79. The lowest BCUT2D eigenvalue weighted by Crippen LogP contribution is -2.14. The van der Waals surface area contributed by atoms with Crippen molar-refractivity contribution in [2.45, 2.75) is 38.1 Å². The Balaban J connectivity index is 1.88. The highest BCUT2D eigenvalue weighted by Crippen LogP contribution is 2.21. The maximum absolute atomic E-state index is 5.57. The normalized spacial score (nSPS) is 17.5. The van der Waals surface area contributed by atoms with Gasteiger partial charge in [0.2, 0.25) is 5.89 Å². The van der Waals surface area contributed by atoms with Crippen molar-refractivity contribution in [3.63, 3.8) is 0 Å². The van der Waals surface area contributed by atoms with Crippen molar-refractivity contribution in [2.75, 3.05) is 11.2 Å². The first kappa shape index (κ1) is 9.77. The molecule has 1 heterocycles. The van der Waals surface area contributed by atoms with Crippen LogP contribution >= 0.6 is 11.6 Å². The minimum absolute atomic E-state index is 0.513. The fourth-order valence-corrected chi connectivity index (χ4v) is 1.90. The van der Waals surface area contributed by atoms with Gasteiger partial charge in [0.05, 0.1) is 0 Å². The minimum Gasteiger partial charge on any atom is -0.408 e. The second-order valence-corrected chi connectivity index (χ2v) is 3.94. The third-order valence-corrected chi connectivity index (χ3v) is 2.65. The van der Waals surface area contributed by atoms with Crippen LogP contribution in [-0.2, 0) is 6.42 Å². The average molecular weight is 216 g/mol. The molecule has 0 spiro atoms. The van der Waals surface area contributed by atoms with Gasteiger partial charge in [-0.05, 0) is 12.8 Å². The largest absolute Gasteiger partial charge is 0.408 e. The van der Waals surface area contributed by atoms with Crippen molar-refractivity contribution in [3.8, 4) is 0 Å². The van der Waals surface area contributed by atoms with Gasteiger partial charge in [-0.2, -0.15) is 0 Å². The highest BCUT2D eigenvalue weighted by molar-refractivity contribution is 6.17. The molecular weight excluding hydrogens is 202 g/mol. The molecule has 0 radical (unpaired) electrons. The molecule has 1 aromatic heterocycles. The Kier molecular flexibility index (Phi) is 3.24. The zero-order chi connectivity index (χ0) is 9.80. The highest BCUT2D eigenvalue weighted by Gasteiger charge is 2.16. The van der Waals surface area contributed by atoms with Crippen molar-refractivity contribution in [1.29, 1.82) is 0 Å². The van der Waals surface area contributed by atoms with E-state index < -0.39 is 0 Å². The van der Waals surface area contributed by atoms with E-state index in [1.807, 2.05) is 0 Å². The van der Waals surface area contributed by atoms with Crippen LogP contribution in [0.15, 0.2) is 4.42 Å². The molecular formula is C9H14ClN3O. The van der Waals surface area contributed by atoms with Crippen LogP contribution < -0.4 is 5.32 Å². The van der Waals surface area contributed by atoms with E-state index in [0.717, 1.165) is 0 Å². The maximum atomic E-state index is 5.57. The lowest BCUT2D eigenvalue weighted by molar-refractivity contribution is 0.505. The Hall–Kier alpha value is -0.770. The van der Waals surface area contributed by atoms with Crippen LogP contribution in [0.3, 0.4) is 0 Å². The number of anilines is 1. The molecule has 0 saturated heterocycles. The van der Waals surface area contributed by atoms with Crippen molar-refractivity contribution in [3.05, 3.63) is 5.89 Å². The van der Waals surface area contributed by atoms with Crippen LogP contribution in [0, 0.1) is 0 Å². The van der Waals surface area contributed by atoms with Crippen LogP contribution in [0.1, 0.15) is 31.6 Å². The Morgan fingerprint density at radius 1 is 1.36 bits per heavy atom. The number of aromatic nitrogens is 2. The molecule has 0 unspecified atom stereocenters. The van der Waals surface area contributed by atoms with Crippen LogP contribution in [-0.4, -0.2) is 22.1 Å². The summed E-state index contributed by atoms with van der Waals surface area (Å²) >= 11 is 5.57. The molecule has 78 valence electrons. The molecule has 1 aromatic rings. The fraction of sp³-hybridized carbons (Fsp3) is 0.778. The summed E-state index contributed by atoms with van der Waals surface area (Å²) in [5.41, 5.74) is 0. The van der Waals surface area contributed by atoms with E-state index in [1.54, 1.807) is 0 Å². The molecule has 1 fully saturated rings. The van der Waals surface area contributed by atoms with Gasteiger partial charge in [-0.25, -0.2) is 0 Å².